The SMILES string of the molecule is CCCCC/C=C/COC1COC(c2ccc(C34CCC(CCCCCCC)(CC3)CC4)cc2)CO1. The predicted molar refractivity (Wildman–Crippen MR) is 149 cm³/mol. The average molecular weight is 497 g/mol. The summed E-state index contributed by atoms with van der Waals surface area (Å²) >= 11 is 0. The Morgan fingerprint density at radius 2 is 1.47 bits per heavy atom. The molecule has 36 heavy (non-hydrogen) atoms. The fourth-order valence-electron chi connectivity index (χ4n) is 6.86. The summed E-state index contributed by atoms with van der Waals surface area (Å²) in [4.78, 5) is 0. The minimum atomic E-state index is -0.254. The van der Waals surface area contributed by atoms with Gasteiger partial charge in [0.1, 0.15) is 6.10 Å². The first-order valence-electron chi connectivity index (χ1n) is 15.3. The highest BCUT2D eigenvalue weighted by Gasteiger charge is 2.48. The van der Waals surface area contributed by atoms with Crippen LogP contribution in [-0.2, 0) is 19.6 Å². The van der Waals surface area contributed by atoms with Gasteiger partial charge in [-0.25, -0.2) is 0 Å². The van der Waals surface area contributed by atoms with E-state index in [1.165, 1.54) is 102 Å². The lowest BCUT2D eigenvalue weighted by Crippen LogP contribution is -2.44. The van der Waals surface area contributed by atoms with Gasteiger partial charge in [-0.05, 0) is 79.7 Å². The van der Waals surface area contributed by atoms with Crippen LogP contribution < -0.4 is 0 Å². The van der Waals surface area contributed by atoms with E-state index in [0.29, 0.717) is 30.7 Å². The Morgan fingerprint density at radius 3 is 2.14 bits per heavy atom. The molecular weight excluding hydrogens is 444 g/mol. The van der Waals surface area contributed by atoms with Crippen LogP contribution in [0.5, 0.6) is 0 Å². The molecule has 0 amide bonds. The van der Waals surface area contributed by atoms with Crippen LogP contribution in [0.1, 0.15) is 134 Å². The summed E-state index contributed by atoms with van der Waals surface area (Å²) in [6.45, 7) is 6.21. The molecular formula is C33H52O3. The molecule has 2 atom stereocenters. The van der Waals surface area contributed by atoms with E-state index in [1.807, 2.05) is 0 Å². The molecule has 1 heterocycles. The highest BCUT2D eigenvalue weighted by atomic mass is 16.7. The first-order chi connectivity index (χ1) is 17.7. The molecule has 5 rings (SSSR count). The molecule has 4 fully saturated rings. The topological polar surface area (TPSA) is 27.7 Å². The summed E-state index contributed by atoms with van der Waals surface area (Å²) in [5.74, 6) is 0. The average Bonchev–Trinajstić information content (AvgIpc) is 2.94. The molecule has 0 radical (unpaired) electrons. The first-order valence-corrected chi connectivity index (χ1v) is 15.3. The minimum Gasteiger partial charge on any atom is -0.366 e. The van der Waals surface area contributed by atoms with Gasteiger partial charge in [-0.15, -0.1) is 0 Å². The van der Waals surface area contributed by atoms with Crippen molar-refractivity contribution < 1.29 is 14.2 Å². The molecule has 0 spiro atoms. The Morgan fingerprint density at radius 1 is 0.778 bits per heavy atom. The van der Waals surface area contributed by atoms with Crippen molar-refractivity contribution in [3.8, 4) is 0 Å². The van der Waals surface area contributed by atoms with Gasteiger partial charge < -0.3 is 14.2 Å². The molecule has 0 N–H and O–H groups in total. The van der Waals surface area contributed by atoms with E-state index in [1.54, 1.807) is 5.56 Å². The number of unbranched alkanes of at least 4 members (excludes halogenated alkanes) is 7. The summed E-state index contributed by atoms with van der Waals surface area (Å²) in [7, 11) is 0. The zero-order valence-electron chi connectivity index (χ0n) is 23.3. The Balaban J connectivity index is 1.18. The van der Waals surface area contributed by atoms with Crippen molar-refractivity contribution in [1.82, 2.24) is 0 Å². The second-order valence-electron chi connectivity index (χ2n) is 12.0. The van der Waals surface area contributed by atoms with Gasteiger partial charge in [-0.3, -0.25) is 0 Å². The van der Waals surface area contributed by atoms with Gasteiger partial charge in [-0.1, -0.05) is 95.2 Å². The van der Waals surface area contributed by atoms with Crippen LogP contribution in [0.15, 0.2) is 36.4 Å². The molecule has 1 aromatic rings. The third-order valence-corrected chi connectivity index (χ3v) is 9.49. The summed E-state index contributed by atoms with van der Waals surface area (Å²) in [6.07, 6.45) is 26.1. The number of rotatable bonds is 15. The van der Waals surface area contributed by atoms with E-state index in [0.717, 1.165) is 6.42 Å². The van der Waals surface area contributed by atoms with Gasteiger partial charge >= 0.3 is 0 Å². The van der Waals surface area contributed by atoms with Gasteiger partial charge in [0.05, 0.1) is 19.8 Å². The molecule has 1 aliphatic heterocycles. The van der Waals surface area contributed by atoms with Gasteiger partial charge in [0.15, 0.2) is 6.29 Å². The number of hydrogen-bond acceptors (Lipinski definition) is 3. The van der Waals surface area contributed by atoms with Crippen LogP contribution in [0.2, 0.25) is 0 Å². The van der Waals surface area contributed by atoms with Crippen molar-refractivity contribution >= 4 is 0 Å². The Bertz CT molecular complexity index is 750. The van der Waals surface area contributed by atoms with Crippen molar-refractivity contribution in [1.29, 1.82) is 0 Å². The van der Waals surface area contributed by atoms with Gasteiger partial charge in [-0.2, -0.15) is 0 Å². The maximum absolute atomic E-state index is 6.13. The zero-order chi connectivity index (χ0) is 25.1. The van der Waals surface area contributed by atoms with E-state index in [9.17, 15) is 0 Å². The lowest BCUT2D eigenvalue weighted by Gasteiger charge is -2.54. The molecule has 2 bridgehead atoms. The summed E-state index contributed by atoms with van der Waals surface area (Å²) < 4.78 is 17.9. The van der Waals surface area contributed by atoms with Gasteiger partial charge in [0, 0.05) is 0 Å². The lowest BCUT2D eigenvalue weighted by atomic mass is 9.51. The third kappa shape index (κ3) is 7.45. The molecule has 202 valence electrons. The van der Waals surface area contributed by atoms with E-state index >= 15 is 0 Å². The van der Waals surface area contributed by atoms with E-state index in [4.69, 9.17) is 14.2 Å². The molecule has 2 unspecified atom stereocenters. The molecule has 3 heteroatoms. The molecule has 1 saturated heterocycles. The van der Waals surface area contributed by atoms with E-state index < -0.39 is 0 Å². The van der Waals surface area contributed by atoms with Crippen LogP contribution in [0.4, 0.5) is 0 Å². The number of ether oxygens (including phenoxy) is 3. The fourth-order valence-corrected chi connectivity index (χ4v) is 6.86. The standard InChI is InChI=1S/C33H52O3/c1-3-5-7-9-11-13-25-34-31-27-35-30(26-36-31)28-14-16-29(17-15-28)33-22-19-32(20-23-33,21-24-33)18-12-10-8-6-4-2/h11,13-17,30-31H,3-10,12,18-27H2,1-2H3/b13-11+. The van der Waals surface area contributed by atoms with Crippen molar-refractivity contribution in [2.24, 2.45) is 5.41 Å². The summed E-state index contributed by atoms with van der Waals surface area (Å²) in [5, 5.41) is 0. The monoisotopic (exact) mass is 496 g/mol. The zero-order valence-corrected chi connectivity index (χ0v) is 23.3. The Labute approximate surface area is 221 Å². The van der Waals surface area contributed by atoms with Gasteiger partial charge in [0.25, 0.3) is 0 Å². The molecule has 3 aliphatic carbocycles. The van der Waals surface area contributed by atoms with E-state index in [2.05, 4.69) is 50.3 Å². The van der Waals surface area contributed by atoms with E-state index in [-0.39, 0.29) is 12.4 Å². The highest BCUT2D eigenvalue weighted by Crippen LogP contribution is 2.59. The molecule has 1 aromatic carbocycles. The second-order valence-corrected chi connectivity index (χ2v) is 12.0. The maximum atomic E-state index is 6.13. The number of fused-ring (bicyclic) bond motifs is 3. The van der Waals surface area contributed by atoms with Gasteiger partial charge in [0.2, 0.25) is 0 Å². The number of hydrogen-bond donors (Lipinski definition) is 0. The number of benzene rings is 1. The normalized spacial score (nSPS) is 30.3. The summed E-state index contributed by atoms with van der Waals surface area (Å²) in [6, 6.07) is 9.38. The van der Waals surface area contributed by atoms with Crippen LogP contribution in [0.25, 0.3) is 0 Å². The van der Waals surface area contributed by atoms with Crippen LogP contribution in [0.3, 0.4) is 0 Å². The second kappa shape index (κ2) is 14.1. The third-order valence-electron chi connectivity index (χ3n) is 9.49. The van der Waals surface area contributed by atoms with Crippen LogP contribution in [-0.4, -0.2) is 26.1 Å². The van der Waals surface area contributed by atoms with Crippen molar-refractivity contribution in [2.45, 2.75) is 134 Å². The molecule has 3 nitrogen and oxygen atoms in total. The lowest BCUT2D eigenvalue weighted by molar-refractivity contribution is -0.232. The summed E-state index contributed by atoms with van der Waals surface area (Å²) in [5.41, 5.74) is 3.89. The van der Waals surface area contributed by atoms with Crippen LogP contribution in [0, 0.1) is 5.41 Å². The Hall–Kier alpha value is -1.16. The Kier molecular flexibility index (Phi) is 10.9. The maximum Gasteiger partial charge on any atom is 0.181 e. The number of allylic oxidation sites excluding steroid dienone is 1. The highest BCUT2D eigenvalue weighted by molar-refractivity contribution is 5.32. The van der Waals surface area contributed by atoms with Crippen molar-refractivity contribution in [3.05, 3.63) is 47.5 Å². The molecule has 0 aromatic heterocycles. The smallest absolute Gasteiger partial charge is 0.181 e. The van der Waals surface area contributed by atoms with Crippen molar-refractivity contribution in [2.75, 3.05) is 19.8 Å². The fraction of sp³-hybridized carbons (Fsp3) is 0.758. The first kappa shape index (κ1) is 27.9. The van der Waals surface area contributed by atoms with Crippen molar-refractivity contribution in [3.63, 3.8) is 0 Å². The quantitative estimate of drug-likeness (QED) is 0.179. The van der Waals surface area contributed by atoms with Crippen LogP contribution >= 0.6 is 0 Å². The predicted octanol–water partition coefficient (Wildman–Crippen LogP) is 9.21. The molecule has 3 saturated carbocycles. The minimum absolute atomic E-state index is 0.0130. The molecule has 4 aliphatic rings. The largest absolute Gasteiger partial charge is 0.366 e.